The largest absolute Gasteiger partial charge is 0.364 e. The zero-order chi connectivity index (χ0) is 11.1. The standard InChI is InChI=1S/C12H11N3O/c13-11(16)10-5-7-15-6-1-2-8-3-4-9(8)12(15)14-10/h1-2,5-7H,3-4H2,(H2,13,16). The van der Waals surface area contributed by atoms with E-state index in [1.807, 2.05) is 23.4 Å². The molecular weight excluding hydrogens is 202 g/mol. The van der Waals surface area contributed by atoms with E-state index in [1.54, 1.807) is 6.08 Å². The van der Waals surface area contributed by atoms with Crippen molar-refractivity contribution in [1.82, 2.24) is 4.90 Å². The molecule has 2 N–H and O–H groups in total. The molecule has 4 nitrogen and oxygen atoms in total. The second-order valence-electron chi connectivity index (χ2n) is 3.92. The van der Waals surface area contributed by atoms with Gasteiger partial charge in [-0.15, -0.1) is 0 Å². The van der Waals surface area contributed by atoms with Gasteiger partial charge in [0.15, 0.2) is 0 Å². The highest BCUT2D eigenvalue weighted by atomic mass is 16.1. The fraction of sp³-hybridized carbons (Fsp3) is 0.167. The van der Waals surface area contributed by atoms with Crippen molar-refractivity contribution in [3.8, 4) is 0 Å². The van der Waals surface area contributed by atoms with Crippen LogP contribution in [0.2, 0.25) is 0 Å². The van der Waals surface area contributed by atoms with Gasteiger partial charge in [-0.2, -0.15) is 0 Å². The van der Waals surface area contributed by atoms with Crippen LogP contribution in [-0.2, 0) is 4.79 Å². The highest BCUT2D eigenvalue weighted by Gasteiger charge is 2.26. The molecule has 0 unspecified atom stereocenters. The summed E-state index contributed by atoms with van der Waals surface area (Å²) in [5.74, 6) is 0.352. The minimum absolute atomic E-state index is 0.320. The van der Waals surface area contributed by atoms with E-state index in [1.165, 1.54) is 11.1 Å². The Hall–Kier alpha value is -2.10. The van der Waals surface area contributed by atoms with E-state index in [0.29, 0.717) is 5.71 Å². The molecule has 2 aliphatic heterocycles. The van der Waals surface area contributed by atoms with Gasteiger partial charge in [0.25, 0.3) is 5.91 Å². The first kappa shape index (κ1) is 9.15. The molecule has 16 heavy (non-hydrogen) atoms. The SMILES string of the molecule is NC(=O)C1=NC2=C3CCC3=CC=CN2C=C1. The van der Waals surface area contributed by atoms with Crippen molar-refractivity contribution in [3.63, 3.8) is 0 Å². The highest BCUT2D eigenvalue weighted by Crippen LogP contribution is 2.39. The molecule has 1 saturated carbocycles. The van der Waals surface area contributed by atoms with Gasteiger partial charge in [0.2, 0.25) is 0 Å². The first-order valence-electron chi connectivity index (χ1n) is 5.21. The molecule has 0 aromatic rings. The van der Waals surface area contributed by atoms with Crippen molar-refractivity contribution in [1.29, 1.82) is 0 Å². The van der Waals surface area contributed by atoms with Crippen molar-refractivity contribution in [3.05, 3.63) is 47.6 Å². The first-order valence-corrected chi connectivity index (χ1v) is 5.21. The Bertz CT molecular complexity index is 520. The number of nitrogens with zero attached hydrogens (tertiary/aromatic N) is 2. The molecule has 0 atom stereocenters. The molecule has 0 saturated heterocycles. The van der Waals surface area contributed by atoms with E-state index < -0.39 is 5.91 Å². The second-order valence-corrected chi connectivity index (χ2v) is 3.92. The van der Waals surface area contributed by atoms with Crippen molar-refractivity contribution >= 4 is 11.6 Å². The summed E-state index contributed by atoms with van der Waals surface area (Å²) in [7, 11) is 0. The van der Waals surface area contributed by atoms with E-state index in [0.717, 1.165) is 18.7 Å². The van der Waals surface area contributed by atoms with Crippen LogP contribution in [0, 0.1) is 0 Å². The first-order chi connectivity index (χ1) is 7.75. The predicted octanol–water partition coefficient (Wildman–Crippen LogP) is 1.20. The maximum absolute atomic E-state index is 11.1. The second kappa shape index (κ2) is 3.20. The highest BCUT2D eigenvalue weighted by molar-refractivity contribution is 6.43. The summed E-state index contributed by atoms with van der Waals surface area (Å²) in [5.41, 5.74) is 8.07. The molecule has 3 aliphatic rings. The molecule has 0 aromatic heterocycles. The fourth-order valence-electron chi connectivity index (χ4n) is 2.00. The van der Waals surface area contributed by atoms with Crippen LogP contribution in [0.1, 0.15) is 12.8 Å². The van der Waals surface area contributed by atoms with Crippen LogP contribution in [0.4, 0.5) is 0 Å². The number of carbonyl (C=O) groups is 1. The number of amides is 1. The average molecular weight is 213 g/mol. The monoisotopic (exact) mass is 213 g/mol. The van der Waals surface area contributed by atoms with Crippen LogP contribution in [0.25, 0.3) is 0 Å². The molecule has 0 aromatic carbocycles. The molecule has 1 aliphatic carbocycles. The number of allylic oxidation sites excluding steroid dienone is 4. The molecular formula is C12H11N3O. The number of carbonyl (C=O) groups excluding carboxylic acids is 1. The van der Waals surface area contributed by atoms with Gasteiger partial charge in [-0.05, 0) is 36.1 Å². The van der Waals surface area contributed by atoms with Gasteiger partial charge >= 0.3 is 0 Å². The number of hydrogen-bond donors (Lipinski definition) is 1. The Balaban J connectivity index is 2.11. The van der Waals surface area contributed by atoms with Gasteiger partial charge < -0.3 is 10.6 Å². The van der Waals surface area contributed by atoms with Gasteiger partial charge in [0.1, 0.15) is 11.5 Å². The Morgan fingerprint density at radius 3 is 2.94 bits per heavy atom. The van der Waals surface area contributed by atoms with Gasteiger partial charge in [0, 0.05) is 12.4 Å². The fourth-order valence-corrected chi connectivity index (χ4v) is 2.00. The van der Waals surface area contributed by atoms with Crippen molar-refractivity contribution < 1.29 is 4.79 Å². The van der Waals surface area contributed by atoms with Gasteiger partial charge in [-0.3, -0.25) is 4.79 Å². The van der Waals surface area contributed by atoms with E-state index in [-0.39, 0.29) is 0 Å². The number of fused-ring (bicyclic) bond motifs is 2. The zero-order valence-corrected chi connectivity index (χ0v) is 8.68. The van der Waals surface area contributed by atoms with Crippen LogP contribution >= 0.6 is 0 Å². The summed E-state index contributed by atoms with van der Waals surface area (Å²) in [6.07, 6.45) is 11.6. The van der Waals surface area contributed by atoms with E-state index in [4.69, 9.17) is 5.73 Å². The van der Waals surface area contributed by atoms with Gasteiger partial charge in [-0.1, -0.05) is 6.08 Å². The van der Waals surface area contributed by atoms with Crippen LogP contribution < -0.4 is 5.73 Å². The topological polar surface area (TPSA) is 58.7 Å². The number of aliphatic imine (C=N–C) groups is 1. The number of rotatable bonds is 1. The molecule has 2 heterocycles. The third-order valence-electron chi connectivity index (χ3n) is 2.96. The number of nitrogens with two attached hydrogens (primary N) is 1. The van der Waals surface area contributed by atoms with Crippen molar-refractivity contribution in [2.45, 2.75) is 12.8 Å². The lowest BCUT2D eigenvalue weighted by molar-refractivity contribution is -0.111. The average Bonchev–Trinajstić information content (AvgIpc) is 2.34. The summed E-state index contributed by atoms with van der Waals surface area (Å²) in [6, 6.07) is 0. The summed E-state index contributed by atoms with van der Waals surface area (Å²) >= 11 is 0. The van der Waals surface area contributed by atoms with Crippen LogP contribution in [0.5, 0.6) is 0 Å². The maximum atomic E-state index is 11.1. The summed E-state index contributed by atoms with van der Waals surface area (Å²) in [4.78, 5) is 17.3. The third kappa shape index (κ3) is 1.23. The molecule has 1 amide bonds. The molecule has 0 bridgehead atoms. The Labute approximate surface area is 93.1 Å². The Morgan fingerprint density at radius 2 is 2.25 bits per heavy atom. The normalized spacial score (nSPS) is 21.6. The van der Waals surface area contributed by atoms with Crippen molar-refractivity contribution in [2.24, 2.45) is 10.7 Å². The zero-order valence-electron chi connectivity index (χ0n) is 8.68. The molecule has 4 heteroatoms. The number of primary amides is 1. The third-order valence-corrected chi connectivity index (χ3v) is 2.96. The van der Waals surface area contributed by atoms with Crippen LogP contribution in [0.15, 0.2) is 52.6 Å². The lowest BCUT2D eigenvalue weighted by Crippen LogP contribution is -2.27. The Morgan fingerprint density at radius 1 is 1.38 bits per heavy atom. The van der Waals surface area contributed by atoms with Crippen LogP contribution in [-0.4, -0.2) is 16.5 Å². The summed E-state index contributed by atoms with van der Waals surface area (Å²) in [5, 5.41) is 0. The summed E-state index contributed by atoms with van der Waals surface area (Å²) < 4.78 is 0. The molecule has 0 radical (unpaired) electrons. The van der Waals surface area contributed by atoms with E-state index in [2.05, 4.69) is 11.1 Å². The van der Waals surface area contributed by atoms with Crippen LogP contribution in [0.3, 0.4) is 0 Å². The molecule has 3 rings (SSSR count). The number of hydrogen-bond acceptors (Lipinski definition) is 3. The summed E-state index contributed by atoms with van der Waals surface area (Å²) in [6.45, 7) is 0. The Kier molecular flexibility index (Phi) is 1.83. The molecule has 80 valence electrons. The quantitative estimate of drug-likeness (QED) is 0.711. The minimum atomic E-state index is -0.484. The molecule has 1 fully saturated rings. The van der Waals surface area contributed by atoms with Crippen molar-refractivity contribution in [2.75, 3.05) is 0 Å². The maximum Gasteiger partial charge on any atom is 0.267 e. The van der Waals surface area contributed by atoms with E-state index in [9.17, 15) is 4.79 Å². The van der Waals surface area contributed by atoms with E-state index >= 15 is 0 Å². The molecule has 0 spiro atoms. The minimum Gasteiger partial charge on any atom is -0.364 e. The van der Waals surface area contributed by atoms with Gasteiger partial charge in [0.05, 0.1) is 0 Å². The predicted molar refractivity (Wildman–Crippen MR) is 61.1 cm³/mol. The lowest BCUT2D eigenvalue weighted by atomic mass is 9.85. The smallest absolute Gasteiger partial charge is 0.267 e. The van der Waals surface area contributed by atoms with Gasteiger partial charge in [-0.25, -0.2) is 4.99 Å². The lowest BCUT2D eigenvalue weighted by Gasteiger charge is -2.28.